The average molecular weight is 403 g/mol. The number of carbonyl (C=O) groups excluding carboxylic acids is 1. The molecule has 2 aromatic carbocycles. The van der Waals surface area contributed by atoms with E-state index >= 15 is 0 Å². The van der Waals surface area contributed by atoms with E-state index in [1.54, 1.807) is 41.4 Å². The average Bonchev–Trinajstić information content (AvgIpc) is 2.92. The maximum atomic E-state index is 14.4. The zero-order chi connectivity index (χ0) is 20.9. The first kappa shape index (κ1) is 19.8. The minimum absolute atomic E-state index is 0.107. The van der Waals surface area contributed by atoms with E-state index in [9.17, 15) is 9.18 Å². The molecule has 1 aromatic heterocycles. The Balaban J connectivity index is 1.50. The Morgan fingerprint density at radius 3 is 2.80 bits per heavy atom. The summed E-state index contributed by atoms with van der Waals surface area (Å²) in [6.45, 7) is 2.18. The topological polar surface area (TPSA) is 45.7 Å². The molecule has 0 saturated heterocycles. The van der Waals surface area contributed by atoms with Gasteiger partial charge in [-0.25, -0.2) is 4.39 Å². The molecule has 0 fully saturated rings. The number of likely N-dealkylation sites (N-methyl/N-ethyl adjacent to an activating group) is 1. The lowest BCUT2D eigenvalue weighted by molar-refractivity contribution is -0.114. The number of amides is 1. The van der Waals surface area contributed by atoms with Crippen LogP contribution in [0.25, 0.3) is 6.08 Å². The van der Waals surface area contributed by atoms with Gasteiger partial charge in [0.25, 0.3) is 5.91 Å². The number of hydrogen-bond donors (Lipinski definition) is 0. The summed E-state index contributed by atoms with van der Waals surface area (Å²) in [5.74, 6) is -0.0698. The Hall–Kier alpha value is -3.51. The first-order valence-corrected chi connectivity index (χ1v) is 9.73. The summed E-state index contributed by atoms with van der Waals surface area (Å²) in [6.07, 6.45) is 6.24. The largest absolute Gasteiger partial charge is 0.453 e. The van der Waals surface area contributed by atoms with Crippen molar-refractivity contribution >= 4 is 17.7 Å². The summed E-state index contributed by atoms with van der Waals surface area (Å²) in [5, 5.41) is 0. The van der Waals surface area contributed by atoms with Gasteiger partial charge in [0.1, 0.15) is 5.75 Å². The van der Waals surface area contributed by atoms with Gasteiger partial charge < -0.3 is 14.5 Å². The number of hydrogen-bond acceptors (Lipinski definition) is 4. The van der Waals surface area contributed by atoms with Crippen LogP contribution in [0.5, 0.6) is 11.5 Å². The highest BCUT2D eigenvalue weighted by Gasteiger charge is 2.21. The quantitative estimate of drug-likeness (QED) is 0.602. The standard InChI is InChI=1S/C24H22FN3O2/c1-27-13-14-28(22-7-3-2-5-19(22)17-27)24(29)11-9-18-8-10-23(21(25)15-18)30-20-6-4-12-26-16-20/h2-12,15-16H,13-14,17H2,1H3. The van der Waals surface area contributed by atoms with Gasteiger partial charge in [-0.3, -0.25) is 9.78 Å². The van der Waals surface area contributed by atoms with Crippen LogP contribution in [0.4, 0.5) is 10.1 Å². The monoisotopic (exact) mass is 403 g/mol. The molecule has 4 rings (SSSR count). The van der Waals surface area contributed by atoms with E-state index in [-0.39, 0.29) is 11.7 Å². The molecular formula is C24H22FN3O2. The molecular weight excluding hydrogens is 381 g/mol. The molecule has 0 bridgehead atoms. The fourth-order valence-corrected chi connectivity index (χ4v) is 3.39. The number of pyridine rings is 1. The van der Waals surface area contributed by atoms with E-state index in [4.69, 9.17) is 4.74 Å². The van der Waals surface area contributed by atoms with Crippen molar-refractivity contribution in [1.82, 2.24) is 9.88 Å². The van der Waals surface area contributed by atoms with E-state index in [1.165, 1.54) is 18.3 Å². The molecule has 1 aliphatic heterocycles. The van der Waals surface area contributed by atoms with Crippen LogP contribution in [0.2, 0.25) is 0 Å². The van der Waals surface area contributed by atoms with Crippen molar-refractivity contribution in [3.8, 4) is 11.5 Å². The molecule has 0 spiro atoms. The Bertz CT molecular complexity index is 1070. The summed E-state index contributed by atoms with van der Waals surface area (Å²) >= 11 is 0. The molecule has 0 radical (unpaired) electrons. The van der Waals surface area contributed by atoms with Gasteiger partial charge in [0.2, 0.25) is 0 Å². The second kappa shape index (κ2) is 8.88. The fraction of sp³-hybridized carbons (Fsp3) is 0.167. The molecule has 2 heterocycles. The van der Waals surface area contributed by atoms with Crippen LogP contribution in [0.15, 0.2) is 73.1 Å². The lowest BCUT2D eigenvalue weighted by atomic mass is 10.1. The van der Waals surface area contributed by atoms with Crippen LogP contribution >= 0.6 is 0 Å². The predicted octanol–water partition coefficient (Wildman–Crippen LogP) is 4.50. The van der Waals surface area contributed by atoms with Gasteiger partial charge in [0.05, 0.1) is 6.20 Å². The smallest absolute Gasteiger partial charge is 0.251 e. The van der Waals surface area contributed by atoms with Crippen LogP contribution in [0.3, 0.4) is 0 Å². The third kappa shape index (κ3) is 4.55. The molecule has 30 heavy (non-hydrogen) atoms. The Kier molecular flexibility index (Phi) is 5.86. The second-order valence-corrected chi connectivity index (χ2v) is 7.17. The van der Waals surface area contributed by atoms with Crippen LogP contribution in [-0.2, 0) is 11.3 Å². The number of ether oxygens (including phenoxy) is 1. The number of nitrogens with zero attached hydrogens (tertiary/aromatic N) is 3. The first-order chi connectivity index (χ1) is 14.6. The fourth-order valence-electron chi connectivity index (χ4n) is 3.39. The highest BCUT2D eigenvalue weighted by Crippen LogP contribution is 2.26. The van der Waals surface area contributed by atoms with Crippen molar-refractivity contribution in [2.45, 2.75) is 6.54 Å². The first-order valence-electron chi connectivity index (χ1n) is 9.73. The Morgan fingerprint density at radius 2 is 2.00 bits per heavy atom. The molecule has 152 valence electrons. The Morgan fingerprint density at radius 1 is 1.13 bits per heavy atom. The number of aromatic nitrogens is 1. The molecule has 5 nitrogen and oxygen atoms in total. The lowest BCUT2D eigenvalue weighted by Gasteiger charge is -2.21. The minimum atomic E-state index is -0.504. The van der Waals surface area contributed by atoms with Crippen molar-refractivity contribution in [2.75, 3.05) is 25.0 Å². The molecule has 0 saturated carbocycles. The van der Waals surface area contributed by atoms with E-state index < -0.39 is 5.82 Å². The number of rotatable bonds is 4. The Labute approximate surface area is 175 Å². The number of fused-ring (bicyclic) bond motifs is 1. The minimum Gasteiger partial charge on any atom is -0.453 e. The molecule has 0 N–H and O–H groups in total. The van der Waals surface area contributed by atoms with Gasteiger partial charge >= 0.3 is 0 Å². The number of para-hydroxylation sites is 1. The highest BCUT2D eigenvalue weighted by atomic mass is 19.1. The number of halogens is 1. The summed E-state index contributed by atoms with van der Waals surface area (Å²) in [7, 11) is 2.04. The summed E-state index contributed by atoms with van der Waals surface area (Å²) in [5.41, 5.74) is 2.62. The molecule has 1 amide bonds. The summed E-state index contributed by atoms with van der Waals surface area (Å²) in [4.78, 5) is 20.8. The van der Waals surface area contributed by atoms with E-state index in [0.717, 1.165) is 24.3 Å². The zero-order valence-electron chi connectivity index (χ0n) is 16.7. The van der Waals surface area contributed by atoms with Crippen LogP contribution in [0, 0.1) is 5.82 Å². The van der Waals surface area contributed by atoms with E-state index in [0.29, 0.717) is 17.9 Å². The van der Waals surface area contributed by atoms with Gasteiger partial charge in [0, 0.05) is 37.6 Å². The molecule has 0 aliphatic carbocycles. The number of carbonyl (C=O) groups is 1. The molecule has 3 aromatic rings. The van der Waals surface area contributed by atoms with Gasteiger partial charge in [-0.05, 0) is 54.6 Å². The third-order valence-electron chi connectivity index (χ3n) is 4.93. The summed E-state index contributed by atoms with van der Waals surface area (Å²) < 4.78 is 19.9. The van der Waals surface area contributed by atoms with Crippen molar-refractivity contribution in [2.24, 2.45) is 0 Å². The number of anilines is 1. The van der Waals surface area contributed by atoms with Crippen LogP contribution < -0.4 is 9.64 Å². The number of benzene rings is 2. The van der Waals surface area contributed by atoms with E-state index in [1.807, 2.05) is 31.3 Å². The predicted molar refractivity (Wildman–Crippen MR) is 115 cm³/mol. The van der Waals surface area contributed by atoms with Crippen molar-refractivity contribution < 1.29 is 13.9 Å². The van der Waals surface area contributed by atoms with Gasteiger partial charge in [0.15, 0.2) is 11.6 Å². The molecule has 6 heteroatoms. The molecule has 1 aliphatic rings. The molecule has 0 unspecified atom stereocenters. The van der Waals surface area contributed by atoms with Gasteiger partial charge in [-0.1, -0.05) is 24.3 Å². The van der Waals surface area contributed by atoms with Crippen LogP contribution in [0.1, 0.15) is 11.1 Å². The normalized spacial score (nSPS) is 14.4. The maximum Gasteiger partial charge on any atom is 0.251 e. The third-order valence-corrected chi connectivity index (χ3v) is 4.93. The SMILES string of the molecule is CN1CCN(C(=O)C=Cc2ccc(Oc3cccnc3)c(F)c2)c2ccccc2C1. The van der Waals surface area contributed by atoms with Crippen LogP contribution in [-0.4, -0.2) is 35.9 Å². The molecule has 0 atom stereocenters. The van der Waals surface area contributed by atoms with Crippen molar-refractivity contribution in [3.05, 3.63) is 90.0 Å². The van der Waals surface area contributed by atoms with E-state index in [2.05, 4.69) is 9.88 Å². The maximum absolute atomic E-state index is 14.4. The lowest BCUT2D eigenvalue weighted by Crippen LogP contribution is -2.33. The van der Waals surface area contributed by atoms with Gasteiger partial charge in [-0.15, -0.1) is 0 Å². The zero-order valence-corrected chi connectivity index (χ0v) is 16.7. The van der Waals surface area contributed by atoms with Gasteiger partial charge in [-0.2, -0.15) is 0 Å². The highest BCUT2D eigenvalue weighted by molar-refractivity contribution is 6.04. The van der Waals surface area contributed by atoms with Crippen molar-refractivity contribution in [3.63, 3.8) is 0 Å². The summed E-state index contributed by atoms with van der Waals surface area (Å²) in [6, 6.07) is 15.9. The van der Waals surface area contributed by atoms with Crippen molar-refractivity contribution in [1.29, 1.82) is 0 Å². The second-order valence-electron chi connectivity index (χ2n) is 7.17.